The van der Waals surface area contributed by atoms with Gasteiger partial charge in [0.05, 0.1) is 16.9 Å². The number of halogens is 2. The standard InChI is InChI=1S/C21H14Cl2N4O2/c22-13-6-7-15(17(23)9-13)18-10-19(26-25-18)21(29)27-24-11-16-14-4-2-1-3-12(14)5-8-20(16)28/h1-11,28H,(H,25,26)(H,27,29). The Morgan fingerprint density at radius 3 is 2.76 bits per heavy atom. The summed E-state index contributed by atoms with van der Waals surface area (Å²) in [6.45, 7) is 0. The van der Waals surface area contributed by atoms with Crippen LogP contribution in [0.5, 0.6) is 5.75 Å². The number of amides is 1. The number of hydrogen-bond acceptors (Lipinski definition) is 4. The lowest BCUT2D eigenvalue weighted by Gasteiger charge is -2.04. The van der Waals surface area contributed by atoms with Crippen molar-refractivity contribution in [1.29, 1.82) is 0 Å². The molecule has 0 saturated heterocycles. The van der Waals surface area contributed by atoms with E-state index < -0.39 is 5.91 Å². The molecule has 1 aromatic heterocycles. The molecule has 4 aromatic rings. The van der Waals surface area contributed by atoms with E-state index in [9.17, 15) is 9.90 Å². The topological polar surface area (TPSA) is 90.4 Å². The number of benzene rings is 3. The van der Waals surface area contributed by atoms with Gasteiger partial charge in [0.15, 0.2) is 0 Å². The van der Waals surface area contributed by atoms with Gasteiger partial charge in [0.25, 0.3) is 5.91 Å². The molecule has 0 aliphatic carbocycles. The van der Waals surface area contributed by atoms with Crippen molar-refractivity contribution in [2.75, 3.05) is 0 Å². The van der Waals surface area contributed by atoms with Gasteiger partial charge < -0.3 is 5.11 Å². The Hall–Kier alpha value is -3.35. The Morgan fingerprint density at radius 1 is 1.10 bits per heavy atom. The molecule has 0 saturated carbocycles. The van der Waals surface area contributed by atoms with Gasteiger partial charge in [-0.25, -0.2) is 5.43 Å². The molecule has 3 aromatic carbocycles. The maximum absolute atomic E-state index is 12.4. The number of nitrogens with one attached hydrogen (secondary N) is 2. The minimum atomic E-state index is -0.482. The van der Waals surface area contributed by atoms with Gasteiger partial charge in [-0.2, -0.15) is 10.2 Å². The Kier molecular flexibility index (Phi) is 5.20. The van der Waals surface area contributed by atoms with E-state index in [2.05, 4.69) is 20.7 Å². The molecule has 0 aliphatic rings. The first kappa shape index (κ1) is 19.0. The maximum atomic E-state index is 12.4. The van der Waals surface area contributed by atoms with Crippen LogP contribution in [0.25, 0.3) is 22.0 Å². The molecule has 6 nitrogen and oxygen atoms in total. The summed E-state index contributed by atoms with van der Waals surface area (Å²) < 4.78 is 0. The van der Waals surface area contributed by atoms with Crippen molar-refractivity contribution in [1.82, 2.24) is 15.6 Å². The zero-order valence-corrected chi connectivity index (χ0v) is 16.4. The van der Waals surface area contributed by atoms with Crippen molar-refractivity contribution in [2.45, 2.75) is 0 Å². The highest BCUT2D eigenvalue weighted by molar-refractivity contribution is 6.36. The van der Waals surface area contributed by atoms with Gasteiger partial charge in [-0.05, 0) is 41.1 Å². The van der Waals surface area contributed by atoms with E-state index in [1.807, 2.05) is 30.3 Å². The van der Waals surface area contributed by atoms with Gasteiger partial charge in [0.2, 0.25) is 0 Å². The van der Waals surface area contributed by atoms with Crippen molar-refractivity contribution in [2.24, 2.45) is 5.10 Å². The van der Waals surface area contributed by atoms with Crippen LogP contribution in [0.2, 0.25) is 10.0 Å². The van der Waals surface area contributed by atoms with Gasteiger partial charge in [-0.1, -0.05) is 53.5 Å². The molecule has 1 heterocycles. The summed E-state index contributed by atoms with van der Waals surface area (Å²) in [5.41, 5.74) is 4.31. The fourth-order valence-electron chi connectivity index (χ4n) is 2.91. The van der Waals surface area contributed by atoms with Crippen LogP contribution in [0.3, 0.4) is 0 Å². The van der Waals surface area contributed by atoms with Crippen LogP contribution >= 0.6 is 23.2 Å². The molecular formula is C21H14Cl2N4O2. The minimum Gasteiger partial charge on any atom is -0.507 e. The number of nitrogens with zero attached hydrogens (tertiary/aromatic N) is 2. The second-order valence-corrected chi connectivity index (χ2v) is 7.05. The molecule has 0 radical (unpaired) electrons. The average Bonchev–Trinajstić information content (AvgIpc) is 3.19. The zero-order chi connectivity index (χ0) is 20.4. The lowest BCUT2D eigenvalue weighted by molar-refractivity contribution is 0.0950. The number of hydrazone groups is 1. The third kappa shape index (κ3) is 3.94. The van der Waals surface area contributed by atoms with E-state index in [-0.39, 0.29) is 11.4 Å². The van der Waals surface area contributed by atoms with Crippen LogP contribution in [0, 0.1) is 0 Å². The molecule has 3 N–H and O–H groups in total. The second-order valence-electron chi connectivity index (χ2n) is 6.21. The van der Waals surface area contributed by atoms with Crippen LogP contribution in [0.4, 0.5) is 0 Å². The third-order valence-corrected chi connectivity index (χ3v) is 4.88. The van der Waals surface area contributed by atoms with E-state index in [1.54, 1.807) is 30.3 Å². The Labute approximate surface area is 175 Å². The molecule has 29 heavy (non-hydrogen) atoms. The summed E-state index contributed by atoms with van der Waals surface area (Å²) in [6.07, 6.45) is 1.41. The van der Waals surface area contributed by atoms with Crippen LogP contribution in [-0.4, -0.2) is 27.4 Å². The molecule has 0 fully saturated rings. The Morgan fingerprint density at radius 2 is 1.93 bits per heavy atom. The van der Waals surface area contributed by atoms with Crippen LogP contribution in [0.15, 0.2) is 65.8 Å². The first-order chi connectivity index (χ1) is 14.0. The highest BCUT2D eigenvalue weighted by atomic mass is 35.5. The van der Waals surface area contributed by atoms with Crippen LogP contribution < -0.4 is 5.43 Å². The summed E-state index contributed by atoms with van der Waals surface area (Å²) in [7, 11) is 0. The number of carbonyl (C=O) groups is 1. The van der Waals surface area contributed by atoms with Crippen molar-refractivity contribution >= 4 is 46.1 Å². The quantitative estimate of drug-likeness (QED) is 0.317. The monoisotopic (exact) mass is 424 g/mol. The molecule has 0 bridgehead atoms. The van der Waals surface area contributed by atoms with E-state index >= 15 is 0 Å². The van der Waals surface area contributed by atoms with Gasteiger partial charge in [-0.3, -0.25) is 9.89 Å². The normalized spacial score (nSPS) is 11.2. The predicted octanol–water partition coefficient (Wildman–Crippen LogP) is 5.01. The summed E-state index contributed by atoms with van der Waals surface area (Å²) in [6, 6.07) is 17.6. The lowest BCUT2D eigenvalue weighted by atomic mass is 10.0. The van der Waals surface area contributed by atoms with Gasteiger partial charge in [0, 0.05) is 16.1 Å². The average molecular weight is 425 g/mol. The molecule has 0 unspecified atom stereocenters. The number of phenolic OH excluding ortho intramolecular Hbond substituents is 1. The number of carbonyl (C=O) groups excluding carboxylic acids is 1. The summed E-state index contributed by atoms with van der Waals surface area (Å²) >= 11 is 12.1. The number of rotatable bonds is 4. The maximum Gasteiger partial charge on any atom is 0.289 e. The van der Waals surface area contributed by atoms with Crippen molar-refractivity contribution in [3.63, 3.8) is 0 Å². The number of H-pyrrole nitrogens is 1. The third-order valence-electron chi connectivity index (χ3n) is 4.34. The van der Waals surface area contributed by atoms with E-state index in [4.69, 9.17) is 23.2 Å². The molecular weight excluding hydrogens is 411 g/mol. The fourth-order valence-corrected chi connectivity index (χ4v) is 3.41. The van der Waals surface area contributed by atoms with Gasteiger partial charge in [-0.15, -0.1) is 0 Å². The van der Waals surface area contributed by atoms with Crippen LogP contribution in [-0.2, 0) is 0 Å². The van der Waals surface area contributed by atoms with E-state index in [0.29, 0.717) is 26.9 Å². The van der Waals surface area contributed by atoms with Crippen molar-refractivity contribution in [3.05, 3.63) is 82.0 Å². The molecule has 0 spiro atoms. The highest BCUT2D eigenvalue weighted by Gasteiger charge is 2.13. The van der Waals surface area contributed by atoms with Gasteiger partial charge >= 0.3 is 0 Å². The number of aromatic amines is 1. The first-order valence-electron chi connectivity index (χ1n) is 8.58. The van der Waals surface area contributed by atoms with Crippen molar-refractivity contribution in [3.8, 4) is 17.0 Å². The molecule has 4 rings (SSSR count). The molecule has 1 amide bonds. The smallest absolute Gasteiger partial charge is 0.289 e. The second kappa shape index (κ2) is 7.95. The predicted molar refractivity (Wildman–Crippen MR) is 115 cm³/mol. The fraction of sp³-hybridized carbons (Fsp3) is 0. The molecule has 0 atom stereocenters. The Balaban J connectivity index is 1.53. The van der Waals surface area contributed by atoms with E-state index in [0.717, 1.165) is 10.8 Å². The zero-order valence-electron chi connectivity index (χ0n) is 14.9. The molecule has 144 valence electrons. The number of aromatic hydroxyl groups is 1. The SMILES string of the molecule is O=C(NN=Cc1c(O)ccc2ccccc12)c1cc(-c2ccc(Cl)cc2Cl)n[nH]1. The first-order valence-corrected chi connectivity index (χ1v) is 9.33. The largest absolute Gasteiger partial charge is 0.507 e. The Bertz CT molecular complexity index is 1250. The molecule has 8 heteroatoms. The number of fused-ring (bicyclic) bond motifs is 1. The highest BCUT2D eigenvalue weighted by Crippen LogP contribution is 2.29. The summed E-state index contributed by atoms with van der Waals surface area (Å²) in [5, 5.41) is 23.6. The number of aromatic nitrogens is 2. The van der Waals surface area contributed by atoms with Crippen LogP contribution in [0.1, 0.15) is 16.1 Å². The van der Waals surface area contributed by atoms with Crippen molar-refractivity contribution < 1.29 is 9.90 Å². The number of phenols is 1. The minimum absolute atomic E-state index is 0.0721. The molecule has 0 aliphatic heterocycles. The number of hydrogen-bond donors (Lipinski definition) is 3. The lowest BCUT2D eigenvalue weighted by Crippen LogP contribution is -2.18. The van der Waals surface area contributed by atoms with Gasteiger partial charge in [0.1, 0.15) is 11.4 Å². The summed E-state index contributed by atoms with van der Waals surface area (Å²) in [4.78, 5) is 12.4. The van der Waals surface area contributed by atoms with E-state index in [1.165, 1.54) is 6.21 Å². The summed E-state index contributed by atoms with van der Waals surface area (Å²) in [5.74, 6) is -0.410.